The van der Waals surface area contributed by atoms with Crippen LogP contribution in [0.4, 0.5) is 0 Å². The van der Waals surface area contributed by atoms with E-state index in [9.17, 15) is 4.79 Å². The van der Waals surface area contributed by atoms with Crippen LogP contribution in [0.15, 0.2) is 0 Å². The molecule has 0 spiro atoms. The molecule has 2 aliphatic rings. The maximum Gasteiger partial charge on any atom is 0.225 e. The van der Waals surface area contributed by atoms with E-state index in [0.717, 1.165) is 39.0 Å². The molecule has 152 valence electrons. The second-order valence-corrected chi connectivity index (χ2v) is 9.23. The van der Waals surface area contributed by atoms with Crippen molar-refractivity contribution in [2.45, 2.75) is 32.2 Å². The Hall–Kier alpha value is -0.690. The summed E-state index contributed by atoms with van der Waals surface area (Å²) < 4.78 is 0. The molecular weight excluding hydrogens is 326 g/mol. The summed E-state index contributed by atoms with van der Waals surface area (Å²) in [6.45, 7) is 15.0. The third-order valence-electron chi connectivity index (χ3n) is 6.08. The smallest absolute Gasteiger partial charge is 0.225 e. The molecule has 2 saturated heterocycles. The standard InChI is InChI=1S/C20H41N5O/c1-20(2,25-9-7-18(8-10-25)19(26)22(5)6)17-24-15-13-23(14-16-24)12-11-21(3)4/h18H,7-17H2,1-6H3. The fraction of sp³-hybridized carbons (Fsp3) is 0.950. The molecule has 0 aromatic rings. The number of likely N-dealkylation sites (N-methyl/N-ethyl adjacent to an activating group) is 1. The number of piperidine rings is 1. The van der Waals surface area contributed by atoms with Gasteiger partial charge in [-0.05, 0) is 53.9 Å². The van der Waals surface area contributed by atoms with Gasteiger partial charge >= 0.3 is 0 Å². The number of amides is 1. The van der Waals surface area contributed by atoms with E-state index in [2.05, 4.69) is 47.5 Å². The first-order valence-corrected chi connectivity index (χ1v) is 10.2. The Morgan fingerprint density at radius 2 is 1.46 bits per heavy atom. The Kier molecular flexibility index (Phi) is 7.89. The normalized spacial score (nSPS) is 22.1. The fourth-order valence-corrected chi connectivity index (χ4v) is 4.26. The predicted octanol–water partition coefficient (Wildman–Crippen LogP) is 0.744. The Labute approximate surface area is 161 Å². The molecule has 0 saturated carbocycles. The van der Waals surface area contributed by atoms with Gasteiger partial charge in [0.2, 0.25) is 5.91 Å². The molecule has 0 unspecified atom stereocenters. The zero-order chi connectivity index (χ0) is 19.3. The van der Waals surface area contributed by atoms with Crippen molar-refractivity contribution in [3.05, 3.63) is 0 Å². The van der Waals surface area contributed by atoms with Gasteiger partial charge in [-0.15, -0.1) is 0 Å². The van der Waals surface area contributed by atoms with Crippen molar-refractivity contribution < 1.29 is 4.79 Å². The lowest BCUT2D eigenvalue weighted by Gasteiger charge is -2.46. The molecule has 0 aromatic heterocycles. The van der Waals surface area contributed by atoms with E-state index in [1.54, 1.807) is 4.90 Å². The summed E-state index contributed by atoms with van der Waals surface area (Å²) in [5.41, 5.74) is 0.179. The summed E-state index contributed by atoms with van der Waals surface area (Å²) in [5.74, 6) is 0.522. The third-order valence-corrected chi connectivity index (χ3v) is 6.08. The van der Waals surface area contributed by atoms with E-state index >= 15 is 0 Å². The lowest BCUT2D eigenvalue weighted by atomic mass is 9.91. The fourth-order valence-electron chi connectivity index (χ4n) is 4.26. The number of carbonyl (C=O) groups excluding carboxylic acids is 1. The summed E-state index contributed by atoms with van der Waals surface area (Å²) >= 11 is 0. The summed E-state index contributed by atoms with van der Waals surface area (Å²) in [5, 5.41) is 0. The van der Waals surface area contributed by atoms with Crippen LogP contribution in [0.3, 0.4) is 0 Å². The third kappa shape index (κ3) is 6.19. The molecule has 2 rings (SSSR count). The average Bonchev–Trinajstić information content (AvgIpc) is 2.60. The quantitative estimate of drug-likeness (QED) is 0.663. The van der Waals surface area contributed by atoms with Crippen molar-refractivity contribution in [2.24, 2.45) is 5.92 Å². The van der Waals surface area contributed by atoms with Crippen molar-refractivity contribution >= 4 is 5.91 Å². The maximum atomic E-state index is 12.2. The second kappa shape index (κ2) is 9.49. The first kappa shape index (κ1) is 21.6. The Morgan fingerprint density at radius 1 is 0.923 bits per heavy atom. The highest BCUT2D eigenvalue weighted by atomic mass is 16.2. The highest BCUT2D eigenvalue weighted by Crippen LogP contribution is 2.26. The van der Waals surface area contributed by atoms with Crippen molar-refractivity contribution in [2.75, 3.05) is 87.1 Å². The zero-order valence-electron chi connectivity index (χ0n) is 18.0. The molecule has 2 fully saturated rings. The van der Waals surface area contributed by atoms with Gasteiger partial charge in [-0.3, -0.25) is 19.5 Å². The Balaban J connectivity index is 1.75. The van der Waals surface area contributed by atoms with Gasteiger partial charge in [-0.1, -0.05) is 0 Å². The maximum absolute atomic E-state index is 12.2. The number of likely N-dealkylation sites (tertiary alicyclic amines) is 1. The number of hydrogen-bond acceptors (Lipinski definition) is 5. The number of hydrogen-bond donors (Lipinski definition) is 0. The lowest BCUT2D eigenvalue weighted by molar-refractivity contribution is -0.135. The number of piperazine rings is 1. The van der Waals surface area contributed by atoms with Crippen molar-refractivity contribution in [3.63, 3.8) is 0 Å². The lowest BCUT2D eigenvalue weighted by Crippen LogP contribution is -2.58. The summed E-state index contributed by atoms with van der Waals surface area (Å²) in [6.07, 6.45) is 2.00. The monoisotopic (exact) mass is 367 g/mol. The van der Waals surface area contributed by atoms with Gasteiger partial charge in [0.25, 0.3) is 0 Å². The van der Waals surface area contributed by atoms with Crippen molar-refractivity contribution in [3.8, 4) is 0 Å². The van der Waals surface area contributed by atoms with Crippen LogP contribution in [-0.4, -0.2) is 123 Å². The Morgan fingerprint density at radius 3 is 1.96 bits per heavy atom. The molecule has 26 heavy (non-hydrogen) atoms. The van der Waals surface area contributed by atoms with Crippen molar-refractivity contribution in [1.29, 1.82) is 0 Å². The van der Waals surface area contributed by atoms with Gasteiger partial charge in [0.05, 0.1) is 0 Å². The minimum atomic E-state index is 0.179. The molecule has 0 aliphatic carbocycles. The van der Waals surface area contributed by atoms with Crippen LogP contribution in [0.5, 0.6) is 0 Å². The first-order chi connectivity index (χ1) is 12.2. The predicted molar refractivity (Wildman–Crippen MR) is 109 cm³/mol. The molecule has 0 atom stereocenters. The van der Waals surface area contributed by atoms with Crippen LogP contribution in [0.25, 0.3) is 0 Å². The van der Waals surface area contributed by atoms with E-state index in [4.69, 9.17) is 0 Å². The van der Waals surface area contributed by atoms with E-state index in [0.29, 0.717) is 5.91 Å². The largest absolute Gasteiger partial charge is 0.349 e. The highest BCUT2D eigenvalue weighted by molar-refractivity contribution is 5.78. The van der Waals surface area contributed by atoms with Gasteiger partial charge in [-0.2, -0.15) is 0 Å². The molecule has 0 bridgehead atoms. The zero-order valence-corrected chi connectivity index (χ0v) is 18.0. The van der Waals surface area contributed by atoms with Crippen LogP contribution in [0.2, 0.25) is 0 Å². The number of nitrogens with zero attached hydrogens (tertiary/aromatic N) is 5. The number of carbonyl (C=O) groups is 1. The molecular formula is C20H41N5O. The molecule has 2 aliphatic heterocycles. The van der Waals surface area contributed by atoms with Gasteiger partial charge in [0.1, 0.15) is 0 Å². The molecule has 6 heteroatoms. The molecule has 2 heterocycles. The van der Waals surface area contributed by atoms with Gasteiger partial charge in [0.15, 0.2) is 0 Å². The summed E-state index contributed by atoms with van der Waals surface area (Å²) in [4.78, 5) is 24.0. The van der Waals surface area contributed by atoms with Crippen LogP contribution in [0.1, 0.15) is 26.7 Å². The van der Waals surface area contributed by atoms with E-state index in [1.165, 1.54) is 32.7 Å². The highest BCUT2D eigenvalue weighted by Gasteiger charge is 2.35. The van der Waals surface area contributed by atoms with E-state index in [-0.39, 0.29) is 11.5 Å². The van der Waals surface area contributed by atoms with Crippen LogP contribution < -0.4 is 0 Å². The van der Waals surface area contributed by atoms with Crippen LogP contribution in [-0.2, 0) is 4.79 Å². The van der Waals surface area contributed by atoms with Crippen LogP contribution >= 0.6 is 0 Å². The topological polar surface area (TPSA) is 33.3 Å². The molecule has 0 aromatic carbocycles. The average molecular weight is 368 g/mol. The van der Waals surface area contributed by atoms with E-state index < -0.39 is 0 Å². The van der Waals surface area contributed by atoms with Gasteiger partial charge in [-0.25, -0.2) is 0 Å². The second-order valence-electron chi connectivity index (χ2n) is 9.23. The molecule has 1 amide bonds. The van der Waals surface area contributed by atoms with E-state index in [1.807, 2.05) is 14.1 Å². The first-order valence-electron chi connectivity index (χ1n) is 10.2. The molecule has 0 radical (unpaired) electrons. The summed E-state index contributed by atoms with van der Waals surface area (Å²) in [7, 11) is 8.04. The summed E-state index contributed by atoms with van der Waals surface area (Å²) in [6, 6.07) is 0. The Bertz CT molecular complexity index is 435. The SMILES string of the molecule is CN(C)CCN1CCN(CC(C)(C)N2CCC(C(=O)N(C)C)CC2)CC1. The minimum absolute atomic E-state index is 0.179. The minimum Gasteiger partial charge on any atom is -0.349 e. The van der Waals surface area contributed by atoms with Gasteiger partial charge < -0.3 is 9.80 Å². The van der Waals surface area contributed by atoms with Gasteiger partial charge in [0, 0.05) is 71.4 Å². The molecule has 6 nitrogen and oxygen atoms in total. The molecule has 0 N–H and O–H groups in total. The number of rotatable bonds is 7. The van der Waals surface area contributed by atoms with Crippen LogP contribution in [0, 0.1) is 5.92 Å². The van der Waals surface area contributed by atoms with Crippen molar-refractivity contribution in [1.82, 2.24) is 24.5 Å².